The highest BCUT2D eigenvalue weighted by Crippen LogP contribution is 2.27. The van der Waals surface area contributed by atoms with E-state index >= 15 is 0 Å². The van der Waals surface area contributed by atoms with Crippen LogP contribution in [0.15, 0.2) is 36.7 Å². The quantitative estimate of drug-likeness (QED) is 0.829. The molecule has 5 heteroatoms. The molecule has 0 amide bonds. The van der Waals surface area contributed by atoms with Crippen molar-refractivity contribution < 1.29 is 0 Å². The number of aromatic nitrogens is 1. The minimum Gasteiger partial charge on any atom is -0.345 e. The summed E-state index contributed by atoms with van der Waals surface area (Å²) < 4.78 is 0. The van der Waals surface area contributed by atoms with E-state index in [0.717, 1.165) is 29.9 Å². The minimum absolute atomic E-state index is 0.674. The molecule has 116 valence electrons. The molecule has 0 spiro atoms. The van der Waals surface area contributed by atoms with Crippen LogP contribution >= 0.6 is 23.8 Å². The van der Waals surface area contributed by atoms with Gasteiger partial charge in [0.2, 0.25) is 0 Å². The number of halogens is 1. The molecule has 0 saturated heterocycles. The predicted octanol–water partition coefficient (Wildman–Crippen LogP) is 4.57. The molecular weight excluding hydrogens is 314 g/mol. The second kappa shape index (κ2) is 7.56. The number of aryl methyl sites for hydroxylation is 2. The summed E-state index contributed by atoms with van der Waals surface area (Å²) in [6, 6.07) is 8.03. The number of benzene rings is 1. The summed E-state index contributed by atoms with van der Waals surface area (Å²) in [4.78, 5) is 6.14. The largest absolute Gasteiger partial charge is 0.345 e. The van der Waals surface area contributed by atoms with Crippen LogP contribution in [0.2, 0.25) is 5.02 Å². The van der Waals surface area contributed by atoms with Gasteiger partial charge in [0.05, 0.1) is 10.7 Å². The zero-order valence-corrected chi connectivity index (χ0v) is 14.6. The van der Waals surface area contributed by atoms with Crippen molar-refractivity contribution in [2.75, 3.05) is 11.9 Å². The zero-order valence-electron chi connectivity index (χ0n) is 13.1. The topological polar surface area (TPSA) is 28.2 Å². The van der Waals surface area contributed by atoms with Gasteiger partial charge in [0.25, 0.3) is 0 Å². The maximum absolute atomic E-state index is 6.34. The fourth-order valence-corrected chi connectivity index (χ4v) is 2.96. The number of rotatable bonds is 4. The minimum atomic E-state index is 0.674. The lowest BCUT2D eigenvalue weighted by Gasteiger charge is -2.25. The molecule has 0 bridgehead atoms. The third-order valence-electron chi connectivity index (χ3n) is 3.46. The Morgan fingerprint density at radius 1 is 1.27 bits per heavy atom. The molecule has 0 aliphatic carbocycles. The van der Waals surface area contributed by atoms with Gasteiger partial charge < -0.3 is 10.2 Å². The molecule has 0 aliphatic rings. The van der Waals surface area contributed by atoms with Crippen molar-refractivity contribution >= 4 is 34.6 Å². The summed E-state index contributed by atoms with van der Waals surface area (Å²) in [6.45, 7) is 7.70. The van der Waals surface area contributed by atoms with E-state index in [1.54, 1.807) is 12.4 Å². The molecule has 0 unspecified atom stereocenters. The average Bonchev–Trinajstić information content (AvgIpc) is 2.49. The highest BCUT2D eigenvalue weighted by molar-refractivity contribution is 7.80. The fraction of sp³-hybridized carbons (Fsp3) is 0.294. The molecule has 1 aromatic carbocycles. The molecule has 0 fully saturated rings. The number of hydrogen-bond donors (Lipinski definition) is 1. The van der Waals surface area contributed by atoms with E-state index in [1.807, 2.05) is 32.0 Å². The number of nitrogens with zero attached hydrogens (tertiary/aromatic N) is 2. The third-order valence-corrected chi connectivity index (χ3v) is 4.11. The highest BCUT2D eigenvalue weighted by Gasteiger charge is 2.12. The Bertz CT molecular complexity index is 635. The number of anilines is 1. The second-order valence-electron chi connectivity index (χ2n) is 5.24. The molecule has 1 heterocycles. The summed E-state index contributed by atoms with van der Waals surface area (Å²) in [5.74, 6) is 0. The summed E-state index contributed by atoms with van der Waals surface area (Å²) in [7, 11) is 0. The van der Waals surface area contributed by atoms with Gasteiger partial charge in [0.15, 0.2) is 5.11 Å². The number of hydrogen-bond acceptors (Lipinski definition) is 2. The molecule has 0 atom stereocenters. The van der Waals surface area contributed by atoms with Crippen molar-refractivity contribution in [1.82, 2.24) is 9.88 Å². The van der Waals surface area contributed by atoms with E-state index in [4.69, 9.17) is 23.8 Å². The van der Waals surface area contributed by atoms with Crippen LogP contribution in [0.3, 0.4) is 0 Å². The maximum Gasteiger partial charge on any atom is 0.173 e. The standard InChI is InChI=1S/C17H20ClN3S/c1-4-21(11-14-5-7-19-8-6-14)17(22)20-16-13(3)9-12(2)10-15(16)18/h5-10H,4,11H2,1-3H3,(H,20,22). The Balaban J connectivity index is 2.13. The Morgan fingerprint density at radius 3 is 2.55 bits per heavy atom. The average molecular weight is 334 g/mol. The van der Waals surface area contributed by atoms with Crippen LogP contribution in [-0.2, 0) is 6.54 Å². The monoisotopic (exact) mass is 333 g/mol. The van der Waals surface area contributed by atoms with Gasteiger partial charge in [-0.1, -0.05) is 17.7 Å². The molecule has 3 nitrogen and oxygen atoms in total. The lowest BCUT2D eigenvalue weighted by atomic mass is 10.1. The van der Waals surface area contributed by atoms with Gasteiger partial charge in [0, 0.05) is 25.5 Å². The SMILES string of the molecule is CCN(Cc1ccncc1)C(=S)Nc1c(C)cc(C)cc1Cl. The van der Waals surface area contributed by atoms with Gasteiger partial charge in [0.1, 0.15) is 0 Å². The number of thiocarbonyl (C=S) groups is 1. The Labute approximate surface area is 142 Å². The van der Waals surface area contributed by atoms with Gasteiger partial charge in [-0.05, 0) is 67.9 Å². The van der Waals surface area contributed by atoms with E-state index in [-0.39, 0.29) is 0 Å². The van der Waals surface area contributed by atoms with Crippen molar-refractivity contribution in [3.8, 4) is 0 Å². The second-order valence-corrected chi connectivity index (χ2v) is 6.03. The van der Waals surface area contributed by atoms with Crippen molar-refractivity contribution in [3.63, 3.8) is 0 Å². The maximum atomic E-state index is 6.34. The van der Waals surface area contributed by atoms with Crippen LogP contribution in [0.1, 0.15) is 23.6 Å². The molecule has 0 aliphatic heterocycles. The van der Waals surface area contributed by atoms with Gasteiger partial charge in [-0.25, -0.2) is 0 Å². The van der Waals surface area contributed by atoms with Gasteiger partial charge in [-0.2, -0.15) is 0 Å². The lowest BCUT2D eigenvalue weighted by molar-refractivity contribution is 0.442. The number of pyridine rings is 1. The van der Waals surface area contributed by atoms with Gasteiger partial charge in [-0.15, -0.1) is 0 Å². The molecule has 1 aromatic heterocycles. The van der Waals surface area contributed by atoms with Crippen LogP contribution in [0.4, 0.5) is 5.69 Å². The number of nitrogens with one attached hydrogen (secondary N) is 1. The normalized spacial score (nSPS) is 10.4. The van der Waals surface area contributed by atoms with E-state index < -0.39 is 0 Å². The van der Waals surface area contributed by atoms with Crippen molar-refractivity contribution in [3.05, 3.63) is 58.4 Å². The predicted molar refractivity (Wildman–Crippen MR) is 97.5 cm³/mol. The first-order valence-electron chi connectivity index (χ1n) is 7.22. The molecular formula is C17H20ClN3S. The molecule has 0 saturated carbocycles. The molecule has 0 radical (unpaired) electrons. The van der Waals surface area contributed by atoms with Crippen LogP contribution < -0.4 is 5.32 Å². The fourth-order valence-electron chi connectivity index (χ4n) is 2.30. The first-order chi connectivity index (χ1) is 10.5. The van der Waals surface area contributed by atoms with Crippen molar-refractivity contribution in [2.24, 2.45) is 0 Å². The summed E-state index contributed by atoms with van der Waals surface area (Å²) in [5, 5.41) is 4.66. The Hall–Kier alpha value is -1.65. The van der Waals surface area contributed by atoms with Crippen LogP contribution in [0, 0.1) is 13.8 Å². The Morgan fingerprint density at radius 2 is 1.95 bits per heavy atom. The molecule has 2 aromatic rings. The Kier molecular flexibility index (Phi) is 5.75. The smallest absolute Gasteiger partial charge is 0.173 e. The van der Waals surface area contributed by atoms with Crippen molar-refractivity contribution in [1.29, 1.82) is 0 Å². The van der Waals surface area contributed by atoms with Crippen molar-refractivity contribution in [2.45, 2.75) is 27.3 Å². The van der Waals surface area contributed by atoms with E-state index in [9.17, 15) is 0 Å². The molecule has 1 N–H and O–H groups in total. The molecule has 22 heavy (non-hydrogen) atoms. The third kappa shape index (κ3) is 4.18. The summed E-state index contributed by atoms with van der Waals surface area (Å²) >= 11 is 11.9. The van der Waals surface area contributed by atoms with Crippen LogP contribution in [0.25, 0.3) is 0 Å². The highest BCUT2D eigenvalue weighted by atomic mass is 35.5. The van der Waals surface area contributed by atoms with E-state index in [1.165, 1.54) is 5.56 Å². The van der Waals surface area contributed by atoms with Crippen LogP contribution in [0.5, 0.6) is 0 Å². The van der Waals surface area contributed by atoms with E-state index in [0.29, 0.717) is 10.1 Å². The van der Waals surface area contributed by atoms with Crippen LogP contribution in [-0.4, -0.2) is 21.5 Å². The molecule has 2 rings (SSSR count). The first kappa shape index (κ1) is 16.7. The van der Waals surface area contributed by atoms with Gasteiger partial charge >= 0.3 is 0 Å². The van der Waals surface area contributed by atoms with Gasteiger partial charge in [-0.3, -0.25) is 4.98 Å². The summed E-state index contributed by atoms with van der Waals surface area (Å²) in [6.07, 6.45) is 3.58. The zero-order chi connectivity index (χ0) is 16.1. The van der Waals surface area contributed by atoms with E-state index in [2.05, 4.69) is 28.2 Å². The lowest BCUT2D eigenvalue weighted by Crippen LogP contribution is -2.34. The summed E-state index contributed by atoms with van der Waals surface area (Å²) in [5.41, 5.74) is 4.29. The first-order valence-corrected chi connectivity index (χ1v) is 8.01.